The summed E-state index contributed by atoms with van der Waals surface area (Å²) >= 11 is 5.97. The van der Waals surface area contributed by atoms with E-state index in [1.807, 2.05) is 4.90 Å². The summed E-state index contributed by atoms with van der Waals surface area (Å²) in [5.74, 6) is -2.16. The number of morpholine rings is 1. The summed E-state index contributed by atoms with van der Waals surface area (Å²) < 4.78 is 52.4. The molecule has 3 heterocycles. The molecule has 1 amide bonds. The van der Waals surface area contributed by atoms with E-state index in [1.54, 1.807) is 24.3 Å². The molecule has 0 bridgehead atoms. The van der Waals surface area contributed by atoms with Gasteiger partial charge in [0.1, 0.15) is 5.82 Å². The van der Waals surface area contributed by atoms with E-state index in [-0.39, 0.29) is 46.7 Å². The topological polar surface area (TPSA) is 132 Å². The van der Waals surface area contributed by atoms with Gasteiger partial charge >= 0.3 is 6.01 Å². The fourth-order valence-electron chi connectivity index (χ4n) is 4.64. The molecule has 2 unspecified atom stereocenters. The molecule has 1 aliphatic carbocycles. The summed E-state index contributed by atoms with van der Waals surface area (Å²) in [6, 6.07) is 7.96. The van der Waals surface area contributed by atoms with Crippen molar-refractivity contribution in [2.45, 2.75) is 36.0 Å². The Kier molecular flexibility index (Phi) is 5.52. The molecular weight excluding hydrogens is 513 g/mol. The maximum Gasteiger partial charge on any atom is 0.324 e. The highest BCUT2D eigenvalue weighted by atomic mass is 35.5. The predicted octanol–water partition coefficient (Wildman–Crippen LogP) is 2.15. The second-order valence-corrected chi connectivity index (χ2v) is 11.5. The standard InChI is InChI=1S/C23H21ClFN5O5S/c24-13-3-1-12(2-4-13)10-30-18-7-14(15(25)8-20(18)36(32,33)11-16(26)22(30)31)21-27-23(35-28-21)29-5-6-34-19-9-17(19)29/h1-4,7-8,16-17,19H,5-6,9-11,26H2/t16-,17?,19?/m0/s1. The number of amides is 1. The van der Waals surface area contributed by atoms with Crippen LogP contribution in [0.1, 0.15) is 12.0 Å². The zero-order chi connectivity index (χ0) is 25.2. The van der Waals surface area contributed by atoms with Gasteiger partial charge in [0.25, 0.3) is 0 Å². The van der Waals surface area contributed by atoms with Crippen LogP contribution < -0.4 is 15.5 Å². The van der Waals surface area contributed by atoms with Gasteiger partial charge in [0, 0.05) is 11.6 Å². The van der Waals surface area contributed by atoms with Crippen LogP contribution in [0.15, 0.2) is 45.8 Å². The number of hydrogen-bond donors (Lipinski definition) is 1. The van der Waals surface area contributed by atoms with Gasteiger partial charge in [0.05, 0.1) is 53.2 Å². The smallest absolute Gasteiger partial charge is 0.324 e. The molecule has 1 aromatic heterocycles. The average Bonchev–Trinajstić information content (AvgIpc) is 3.51. The molecule has 3 aromatic rings. The summed E-state index contributed by atoms with van der Waals surface area (Å²) in [6.45, 7) is 1.09. The quantitative estimate of drug-likeness (QED) is 0.535. The number of sulfone groups is 1. The number of hydrogen-bond acceptors (Lipinski definition) is 9. The van der Waals surface area contributed by atoms with Gasteiger partial charge in [-0.15, -0.1) is 0 Å². The molecule has 36 heavy (non-hydrogen) atoms. The summed E-state index contributed by atoms with van der Waals surface area (Å²) in [6.07, 6.45) is 0.977. The highest BCUT2D eigenvalue weighted by Gasteiger charge is 2.47. The Labute approximate surface area is 210 Å². The lowest BCUT2D eigenvalue weighted by atomic mass is 10.1. The second kappa shape index (κ2) is 8.51. The number of benzene rings is 2. The normalized spacial score (nSPS) is 24.8. The van der Waals surface area contributed by atoms with E-state index in [4.69, 9.17) is 26.6 Å². The number of nitrogens with zero attached hydrogens (tertiary/aromatic N) is 4. The minimum Gasteiger partial charge on any atom is -0.374 e. The molecule has 0 radical (unpaired) electrons. The molecular formula is C23H21ClFN5O5S. The van der Waals surface area contributed by atoms with Crippen molar-refractivity contribution < 1.29 is 26.9 Å². The molecule has 2 fully saturated rings. The maximum atomic E-state index is 15.3. The maximum absolute atomic E-state index is 15.3. The van der Waals surface area contributed by atoms with Gasteiger partial charge in [-0.3, -0.25) is 4.79 Å². The van der Waals surface area contributed by atoms with Gasteiger partial charge in [0.15, 0.2) is 9.84 Å². The minimum absolute atomic E-state index is 0.000667. The number of aromatic nitrogens is 2. The van der Waals surface area contributed by atoms with E-state index >= 15 is 4.39 Å². The second-order valence-electron chi connectivity index (χ2n) is 9.04. The SMILES string of the molecule is N[C@H]1CS(=O)(=O)c2cc(F)c(-c3noc(N4CCOC5CC54)n3)cc2N(Cc2ccc(Cl)cc2)C1=O. The number of rotatable bonds is 4. The van der Waals surface area contributed by atoms with Crippen LogP contribution in [0, 0.1) is 5.82 Å². The number of halogens is 2. The van der Waals surface area contributed by atoms with Crippen LogP contribution in [-0.4, -0.2) is 61.6 Å². The summed E-state index contributed by atoms with van der Waals surface area (Å²) in [4.78, 5) is 20.4. The average molecular weight is 534 g/mol. The monoisotopic (exact) mass is 533 g/mol. The Balaban J connectivity index is 1.43. The molecule has 3 aliphatic rings. The highest BCUT2D eigenvalue weighted by Crippen LogP contribution is 2.39. The molecule has 1 saturated carbocycles. The van der Waals surface area contributed by atoms with Crippen LogP contribution in [0.4, 0.5) is 16.1 Å². The number of nitrogens with two attached hydrogens (primary N) is 1. The van der Waals surface area contributed by atoms with Crippen LogP contribution in [-0.2, 0) is 25.9 Å². The Morgan fingerprint density at radius 2 is 2.00 bits per heavy atom. The zero-order valence-corrected chi connectivity index (χ0v) is 20.4. The van der Waals surface area contributed by atoms with Gasteiger partial charge in [-0.2, -0.15) is 4.98 Å². The van der Waals surface area contributed by atoms with E-state index in [0.717, 1.165) is 12.5 Å². The van der Waals surface area contributed by atoms with Gasteiger partial charge in [0.2, 0.25) is 11.7 Å². The van der Waals surface area contributed by atoms with Gasteiger partial charge in [-0.05, 0) is 36.2 Å². The van der Waals surface area contributed by atoms with Gasteiger partial charge in [-0.1, -0.05) is 28.9 Å². The number of carbonyl (C=O) groups excluding carboxylic acids is 1. The minimum atomic E-state index is -4.06. The lowest BCUT2D eigenvalue weighted by Gasteiger charge is -2.25. The summed E-state index contributed by atoms with van der Waals surface area (Å²) in [5, 5.41) is 4.45. The summed E-state index contributed by atoms with van der Waals surface area (Å²) in [7, 11) is -4.06. The number of fused-ring (bicyclic) bond motifs is 2. The van der Waals surface area contributed by atoms with Crippen LogP contribution in [0.5, 0.6) is 0 Å². The first-order valence-electron chi connectivity index (χ1n) is 11.3. The third kappa shape index (κ3) is 4.03. The van der Waals surface area contributed by atoms with Crippen molar-refractivity contribution in [3.63, 3.8) is 0 Å². The third-order valence-electron chi connectivity index (χ3n) is 6.58. The Morgan fingerprint density at radius 1 is 1.22 bits per heavy atom. The van der Waals surface area contributed by atoms with Crippen LogP contribution in [0.25, 0.3) is 11.4 Å². The Hall–Kier alpha value is -3.06. The van der Waals surface area contributed by atoms with Crippen molar-refractivity contribution in [2.75, 3.05) is 28.7 Å². The van der Waals surface area contributed by atoms with Crippen LogP contribution in [0.3, 0.4) is 0 Å². The predicted molar refractivity (Wildman–Crippen MR) is 128 cm³/mol. The Bertz CT molecular complexity index is 1460. The zero-order valence-electron chi connectivity index (χ0n) is 18.8. The third-order valence-corrected chi connectivity index (χ3v) is 8.62. The molecule has 13 heteroatoms. The summed E-state index contributed by atoms with van der Waals surface area (Å²) in [5.41, 5.74) is 6.54. The van der Waals surface area contributed by atoms with Crippen LogP contribution >= 0.6 is 11.6 Å². The lowest BCUT2D eigenvalue weighted by molar-refractivity contribution is -0.119. The molecule has 2 N–H and O–H groups in total. The molecule has 1 saturated heterocycles. The van der Waals surface area contributed by atoms with Crippen molar-refractivity contribution in [3.05, 3.63) is 52.8 Å². The van der Waals surface area contributed by atoms with Crippen molar-refractivity contribution in [1.82, 2.24) is 10.1 Å². The lowest BCUT2D eigenvalue weighted by Crippen LogP contribution is -2.45. The number of anilines is 2. The van der Waals surface area contributed by atoms with E-state index in [1.165, 1.54) is 11.0 Å². The van der Waals surface area contributed by atoms with E-state index in [0.29, 0.717) is 23.7 Å². The number of carbonyl (C=O) groups is 1. The van der Waals surface area contributed by atoms with Crippen molar-refractivity contribution in [3.8, 4) is 11.4 Å². The van der Waals surface area contributed by atoms with E-state index < -0.39 is 33.4 Å². The van der Waals surface area contributed by atoms with Crippen molar-refractivity contribution in [1.29, 1.82) is 0 Å². The molecule has 0 spiro atoms. The molecule has 2 aromatic carbocycles. The molecule has 2 aliphatic heterocycles. The molecule has 3 atom stereocenters. The fraction of sp³-hybridized carbons (Fsp3) is 0.348. The largest absolute Gasteiger partial charge is 0.374 e. The molecule has 6 rings (SSSR count). The van der Waals surface area contributed by atoms with E-state index in [2.05, 4.69) is 10.1 Å². The highest BCUT2D eigenvalue weighted by molar-refractivity contribution is 7.91. The van der Waals surface area contributed by atoms with Crippen molar-refractivity contribution >= 4 is 39.0 Å². The van der Waals surface area contributed by atoms with E-state index in [9.17, 15) is 13.2 Å². The van der Waals surface area contributed by atoms with Gasteiger partial charge in [-0.25, -0.2) is 12.8 Å². The first kappa shape index (κ1) is 23.3. The number of ether oxygens (including phenoxy) is 1. The molecule has 188 valence electrons. The van der Waals surface area contributed by atoms with Gasteiger partial charge < -0.3 is 24.8 Å². The first-order chi connectivity index (χ1) is 17.2. The Morgan fingerprint density at radius 3 is 2.78 bits per heavy atom. The van der Waals surface area contributed by atoms with Crippen LogP contribution in [0.2, 0.25) is 5.02 Å². The fourth-order valence-corrected chi connectivity index (χ4v) is 6.33. The first-order valence-corrected chi connectivity index (χ1v) is 13.3. The molecule has 10 nitrogen and oxygen atoms in total. The van der Waals surface area contributed by atoms with Crippen molar-refractivity contribution in [2.24, 2.45) is 5.73 Å².